The first-order valence-corrected chi connectivity index (χ1v) is 5.22. The molecule has 0 saturated carbocycles. The Balaban J connectivity index is 3.19. The van der Waals surface area contributed by atoms with E-state index in [-0.39, 0.29) is 11.0 Å². The van der Waals surface area contributed by atoms with E-state index < -0.39 is 23.2 Å². The monoisotopic (exact) mass is 312 g/mol. The molecule has 0 radical (unpaired) electrons. The van der Waals surface area contributed by atoms with Crippen molar-refractivity contribution < 1.29 is 18.0 Å². The van der Waals surface area contributed by atoms with E-state index in [1.54, 1.807) is 0 Å². The van der Waals surface area contributed by atoms with Crippen molar-refractivity contribution in [1.29, 1.82) is 0 Å². The third-order valence-corrected chi connectivity index (χ3v) is 2.61. The fourth-order valence-electron chi connectivity index (χ4n) is 1.12. The van der Waals surface area contributed by atoms with Crippen LogP contribution in [0, 0.1) is 0 Å². The van der Waals surface area contributed by atoms with Crippen LogP contribution in [0.25, 0.3) is 0 Å². The van der Waals surface area contributed by atoms with Gasteiger partial charge in [-0.3, -0.25) is 9.59 Å². The van der Waals surface area contributed by atoms with Crippen LogP contribution in [0.5, 0.6) is 0 Å². The highest BCUT2D eigenvalue weighted by molar-refractivity contribution is 9.10. The lowest BCUT2D eigenvalue weighted by molar-refractivity contribution is -0.138. The van der Waals surface area contributed by atoms with Crippen LogP contribution in [-0.4, -0.2) is 17.5 Å². The lowest BCUT2D eigenvalue weighted by atomic mass is 10.2. The first-order chi connectivity index (χ1) is 7.75. The molecule has 0 aliphatic heterocycles. The first kappa shape index (κ1) is 13.8. The van der Waals surface area contributed by atoms with Crippen molar-refractivity contribution in [2.45, 2.75) is 12.7 Å². The van der Waals surface area contributed by atoms with Crippen LogP contribution in [0.2, 0.25) is 0 Å². The number of pyridine rings is 1. The summed E-state index contributed by atoms with van der Waals surface area (Å²) >= 11 is 2.72. The Morgan fingerprint density at radius 2 is 2.12 bits per heavy atom. The van der Waals surface area contributed by atoms with Gasteiger partial charge in [0.15, 0.2) is 0 Å². The molecular formula is C9H8BrF3N2O2. The van der Waals surface area contributed by atoms with Crippen LogP contribution in [0.1, 0.15) is 5.56 Å². The summed E-state index contributed by atoms with van der Waals surface area (Å²) in [7, 11) is 1.37. The van der Waals surface area contributed by atoms with E-state index in [9.17, 15) is 22.8 Å². The second kappa shape index (κ2) is 4.91. The second-order valence-electron chi connectivity index (χ2n) is 3.17. The summed E-state index contributed by atoms with van der Waals surface area (Å²) in [6.07, 6.45) is -3.66. The standard InChI is InChI=1S/C9H8BrF3N2O2/c1-14-7(16)4-15-3-6(10)5(2-8(15)17)9(11,12)13/h2-3H,4H2,1H3,(H,14,16). The van der Waals surface area contributed by atoms with Gasteiger partial charge in [0, 0.05) is 23.8 Å². The van der Waals surface area contributed by atoms with E-state index in [4.69, 9.17) is 0 Å². The molecule has 0 fully saturated rings. The Morgan fingerprint density at radius 3 is 2.59 bits per heavy atom. The molecule has 0 aliphatic carbocycles. The fraction of sp³-hybridized carbons (Fsp3) is 0.333. The van der Waals surface area contributed by atoms with Gasteiger partial charge >= 0.3 is 6.18 Å². The number of nitrogens with zero attached hydrogens (tertiary/aromatic N) is 1. The normalized spacial score (nSPS) is 11.4. The number of halogens is 4. The summed E-state index contributed by atoms with van der Waals surface area (Å²) in [5.41, 5.74) is -1.94. The molecule has 4 nitrogen and oxygen atoms in total. The Morgan fingerprint density at radius 1 is 1.53 bits per heavy atom. The van der Waals surface area contributed by atoms with Gasteiger partial charge in [-0.25, -0.2) is 0 Å². The minimum atomic E-state index is -4.61. The molecule has 17 heavy (non-hydrogen) atoms. The lowest BCUT2D eigenvalue weighted by Crippen LogP contribution is -2.30. The average Bonchev–Trinajstić information content (AvgIpc) is 2.21. The maximum Gasteiger partial charge on any atom is 0.417 e. The summed E-state index contributed by atoms with van der Waals surface area (Å²) < 4.78 is 37.9. The number of carbonyl (C=O) groups is 1. The topological polar surface area (TPSA) is 51.1 Å². The maximum absolute atomic E-state index is 12.4. The summed E-state index contributed by atoms with van der Waals surface area (Å²) in [6, 6.07) is 0.451. The quantitative estimate of drug-likeness (QED) is 0.897. The number of nitrogens with one attached hydrogen (secondary N) is 1. The average molecular weight is 313 g/mol. The van der Waals surface area contributed by atoms with Crippen LogP contribution in [0.15, 0.2) is 21.5 Å². The number of aromatic nitrogens is 1. The molecule has 0 saturated heterocycles. The van der Waals surface area contributed by atoms with Gasteiger partial charge in [0.2, 0.25) is 5.91 Å². The number of rotatable bonds is 2. The molecule has 1 heterocycles. The van der Waals surface area contributed by atoms with E-state index >= 15 is 0 Å². The highest BCUT2D eigenvalue weighted by atomic mass is 79.9. The van der Waals surface area contributed by atoms with E-state index in [0.29, 0.717) is 6.07 Å². The molecule has 0 unspecified atom stereocenters. The zero-order chi connectivity index (χ0) is 13.2. The molecule has 0 aliphatic rings. The molecule has 8 heteroatoms. The van der Waals surface area contributed by atoms with Gasteiger partial charge in [0.05, 0.1) is 5.56 Å². The van der Waals surface area contributed by atoms with E-state index in [0.717, 1.165) is 10.8 Å². The Labute approximate surface area is 103 Å². The van der Waals surface area contributed by atoms with Gasteiger partial charge in [-0.15, -0.1) is 0 Å². The first-order valence-electron chi connectivity index (χ1n) is 4.43. The third kappa shape index (κ3) is 3.32. The molecule has 1 rings (SSSR count). The van der Waals surface area contributed by atoms with Gasteiger partial charge in [0.1, 0.15) is 6.54 Å². The predicted molar refractivity (Wildman–Crippen MR) is 57.5 cm³/mol. The van der Waals surface area contributed by atoms with Crippen molar-refractivity contribution >= 4 is 21.8 Å². The minimum Gasteiger partial charge on any atom is -0.358 e. The number of likely N-dealkylation sites (N-methyl/N-ethyl adjacent to an activating group) is 1. The zero-order valence-corrected chi connectivity index (χ0v) is 10.2. The van der Waals surface area contributed by atoms with E-state index in [2.05, 4.69) is 21.2 Å². The van der Waals surface area contributed by atoms with E-state index in [1.807, 2.05) is 0 Å². The Bertz CT molecular complexity index is 496. The molecule has 0 atom stereocenters. The van der Waals surface area contributed by atoms with Gasteiger partial charge in [-0.1, -0.05) is 0 Å². The smallest absolute Gasteiger partial charge is 0.358 e. The molecule has 0 aromatic carbocycles. The van der Waals surface area contributed by atoms with E-state index in [1.165, 1.54) is 7.05 Å². The SMILES string of the molecule is CNC(=O)Cn1cc(Br)c(C(F)(F)F)cc1=O. The van der Waals surface area contributed by atoms with Crippen molar-refractivity contribution in [3.05, 3.63) is 32.7 Å². The van der Waals surface area contributed by atoms with Gasteiger partial charge < -0.3 is 9.88 Å². The van der Waals surface area contributed by atoms with Crippen molar-refractivity contribution in [3.8, 4) is 0 Å². The molecule has 1 N–H and O–H groups in total. The molecule has 94 valence electrons. The molecule has 1 amide bonds. The van der Waals surface area contributed by atoms with Crippen molar-refractivity contribution in [2.24, 2.45) is 0 Å². The Hall–Kier alpha value is -1.31. The van der Waals surface area contributed by atoms with Crippen molar-refractivity contribution in [2.75, 3.05) is 7.05 Å². The minimum absolute atomic E-state index is 0.284. The van der Waals surface area contributed by atoms with Gasteiger partial charge in [-0.2, -0.15) is 13.2 Å². The fourth-order valence-corrected chi connectivity index (χ4v) is 1.71. The van der Waals surface area contributed by atoms with Crippen LogP contribution in [-0.2, 0) is 17.5 Å². The van der Waals surface area contributed by atoms with Gasteiger partial charge in [-0.05, 0) is 15.9 Å². The highest BCUT2D eigenvalue weighted by Gasteiger charge is 2.33. The Kier molecular flexibility index (Phi) is 3.97. The van der Waals surface area contributed by atoms with Crippen LogP contribution >= 0.6 is 15.9 Å². The summed E-state index contributed by atoms with van der Waals surface area (Å²) in [4.78, 5) is 22.4. The summed E-state index contributed by atoms with van der Waals surface area (Å²) in [6.45, 7) is -0.327. The second-order valence-corrected chi connectivity index (χ2v) is 4.03. The molecular weight excluding hydrogens is 305 g/mol. The van der Waals surface area contributed by atoms with Crippen LogP contribution < -0.4 is 10.9 Å². The molecule has 0 spiro atoms. The molecule has 0 bridgehead atoms. The number of hydrogen-bond donors (Lipinski definition) is 1. The van der Waals surface area contributed by atoms with Crippen LogP contribution in [0.3, 0.4) is 0 Å². The summed E-state index contributed by atoms with van der Waals surface area (Å²) in [5.74, 6) is -0.473. The van der Waals surface area contributed by atoms with Crippen LogP contribution in [0.4, 0.5) is 13.2 Å². The third-order valence-electron chi connectivity index (χ3n) is 1.98. The number of carbonyl (C=O) groups excluding carboxylic acids is 1. The number of hydrogen-bond acceptors (Lipinski definition) is 2. The number of alkyl halides is 3. The molecule has 1 aromatic heterocycles. The zero-order valence-electron chi connectivity index (χ0n) is 8.64. The summed E-state index contributed by atoms with van der Waals surface area (Å²) in [5, 5.41) is 2.27. The van der Waals surface area contributed by atoms with Crippen molar-refractivity contribution in [1.82, 2.24) is 9.88 Å². The maximum atomic E-state index is 12.4. The number of amides is 1. The lowest BCUT2D eigenvalue weighted by Gasteiger charge is -2.11. The predicted octanol–water partition coefficient (Wildman–Crippen LogP) is 1.38. The van der Waals surface area contributed by atoms with Crippen molar-refractivity contribution in [3.63, 3.8) is 0 Å². The highest BCUT2D eigenvalue weighted by Crippen LogP contribution is 2.33. The van der Waals surface area contributed by atoms with Gasteiger partial charge in [0.25, 0.3) is 5.56 Å². The molecule has 1 aromatic rings. The largest absolute Gasteiger partial charge is 0.417 e.